The van der Waals surface area contributed by atoms with Gasteiger partial charge in [-0.05, 0) is 20.3 Å². The Bertz CT molecular complexity index is 72.9. The van der Waals surface area contributed by atoms with Gasteiger partial charge in [-0.25, -0.2) is 0 Å². The van der Waals surface area contributed by atoms with Gasteiger partial charge in [-0.3, -0.25) is 4.79 Å². The van der Waals surface area contributed by atoms with Crippen LogP contribution in [0.3, 0.4) is 0 Å². The highest BCUT2D eigenvalue weighted by Crippen LogP contribution is 1.77. The first-order valence-corrected chi connectivity index (χ1v) is 4.12. The van der Waals surface area contributed by atoms with Gasteiger partial charge in [0.05, 0.1) is 0 Å². The van der Waals surface area contributed by atoms with Gasteiger partial charge in [0, 0.05) is 13.2 Å². The fourth-order valence-corrected chi connectivity index (χ4v) is 0.204. The summed E-state index contributed by atoms with van der Waals surface area (Å²) in [4.78, 5) is 8.36. The molecule has 0 rings (SSSR count). The third-order valence-corrected chi connectivity index (χ3v) is 0.773. The predicted octanol–water partition coefficient (Wildman–Crippen LogP) is 0.451. The molecule has 5 heteroatoms. The van der Waals surface area contributed by atoms with Crippen LogP contribution in [0.25, 0.3) is 0 Å². The zero-order chi connectivity index (χ0) is 11.1. The first kappa shape index (κ1) is 18.2. The standard InChI is InChI=1S/C4H10O.C3H8O2.CH2O2/c1-3-5-4-2;1-2-3(4)5;2-1-3/h3-4H2,1-2H3;3-5H,2H2,1H3;1H,(H,2,3). The summed E-state index contributed by atoms with van der Waals surface area (Å²) in [5, 5.41) is 22.7. The molecule has 5 nitrogen and oxygen atoms in total. The molecule has 3 N–H and O–H groups in total. The molecule has 0 bridgehead atoms. The molecule has 0 radical (unpaired) electrons. The van der Waals surface area contributed by atoms with Gasteiger partial charge >= 0.3 is 0 Å². The Morgan fingerprint density at radius 3 is 1.46 bits per heavy atom. The molecule has 0 atom stereocenters. The normalized spacial score (nSPS) is 7.85. The Morgan fingerprint density at radius 1 is 1.23 bits per heavy atom. The average molecular weight is 196 g/mol. The summed E-state index contributed by atoms with van der Waals surface area (Å²) in [6.07, 6.45) is -0.699. The van der Waals surface area contributed by atoms with Crippen LogP contribution in [0.4, 0.5) is 0 Å². The van der Waals surface area contributed by atoms with Crippen molar-refractivity contribution in [2.24, 2.45) is 0 Å². The third kappa shape index (κ3) is 88.4. The van der Waals surface area contributed by atoms with Crippen LogP contribution in [0.1, 0.15) is 27.2 Å². The maximum Gasteiger partial charge on any atom is 0.290 e. The summed E-state index contributed by atoms with van der Waals surface area (Å²) in [6, 6.07) is 0. The van der Waals surface area contributed by atoms with E-state index in [2.05, 4.69) is 0 Å². The molecule has 0 saturated carbocycles. The third-order valence-electron chi connectivity index (χ3n) is 0.773. The van der Waals surface area contributed by atoms with Crippen molar-refractivity contribution in [3.8, 4) is 0 Å². The highest BCUT2D eigenvalue weighted by atomic mass is 16.5. The number of hydrogen-bond donors (Lipinski definition) is 3. The van der Waals surface area contributed by atoms with Crippen LogP contribution in [-0.2, 0) is 9.53 Å². The first-order chi connectivity index (χ1) is 6.10. The van der Waals surface area contributed by atoms with Crippen LogP contribution in [0.2, 0.25) is 0 Å². The molecule has 0 aromatic heterocycles. The van der Waals surface area contributed by atoms with Gasteiger partial charge in [-0.2, -0.15) is 0 Å². The van der Waals surface area contributed by atoms with E-state index in [0.717, 1.165) is 13.2 Å². The number of hydrogen-bond acceptors (Lipinski definition) is 4. The van der Waals surface area contributed by atoms with E-state index in [-0.39, 0.29) is 6.47 Å². The van der Waals surface area contributed by atoms with Crippen molar-refractivity contribution in [1.29, 1.82) is 0 Å². The van der Waals surface area contributed by atoms with E-state index in [1.54, 1.807) is 6.92 Å². The second-order valence-corrected chi connectivity index (χ2v) is 1.78. The van der Waals surface area contributed by atoms with Crippen molar-refractivity contribution < 1.29 is 24.9 Å². The molecule has 13 heavy (non-hydrogen) atoms. The topological polar surface area (TPSA) is 87.0 Å². The van der Waals surface area contributed by atoms with Crippen molar-refractivity contribution in [2.75, 3.05) is 13.2 Å². The van der Waals surface area contributed by atoms with Gasteiger partial charge in [0.1, 0.15) is 0 Å². The minimum Gasteiger partial charge on any atom is -0.483 e. The summed E-state index contributed by atoms with van der Waals surface area (Å²) >= 11 is 0. The van der Waals surface area contributed by atoms with Crippen LogP contribution < -0.4 is 0 Å². The smallest absolute Gasteiger partial charge is 0.290 e. The van der Waals surface area contributed by atoms with Crippen molar-refractivity contribution in [1.82, 2.24) is 0 Å². The molecule has 0 aromatic rings. The van der Waals surface area contributed by atoms with E-state index in [4.69, 9.17) is 24.9 Å². The Morgan fingerprint density at radius 2 is 1.46 bits per heavy atom. The van der Waals surface area contributed by atoms with E-state index < -0.39 is 6.29 Å². The number of aliphatic hydroxyl groups excluding tert-OH is 1. The average Bonchev–Trinajstić information content (AvgIpc) is 2.08. The second kappa shape index (κ2) is 22.5. The van der Waals surface area contributed by atoms with E-state index in [9.17, 15) is 0 Å². The number of carboxylic acid groups (broad SMARTS) is 1. The number of rotatable bonds is 3. The van der Waals surface area contributed by atoms with E-state index in [1.165, 1.54) is 0 Å². The number of ether oxygens (including phenoxy) is 1. The summed E-state index contributed by atoms with van der Waals surface area (Å²) in [5.41, 5.74) is 0. The summed E-state index contributed by atoms with van der Waals surface area (Å²) in [6.45, 7) is 7.12. The van der Waals surface area contributed by atoms with Gasteiger partial charge in [0.15, 0.2) is 6.29 Å². The fraction of sp³-hybridized carbons (Fsp3) is 0.875. The lowest BCUT2D eigenvalue weighted by Gasteiger charge is -1.90. The van der Waals surface area contributed by atoms with Gasteiger partial charge in [-0.15, -0.1) is 0 Å². The van der Waals surface area contributed by atoms with Gasteiger partial charge in [0.2, 0.25) is 0 Å². The Labute approximate surface area is 79.0 Å². The van der Waals surface area contributed by atoms with Gasteiger partial charge in [0.25, 0.3) is 6.47 Å². The van der Waals surface area contributed by atoms with Crippen molar-refractivity contribution in [3.05, 3.63) is 0 Å². The minimum absolute atomic E-state index is 0.250. The lowest BCUT2D eigenvalue weighted by Crippen LogP contribution is -1.99. The Balaban J connectivity index is -0.000000120. The second-order valence-electron chi connectivity index (χ2n) is 1.78. The van der Waals surface area contributed by atoms with Crippen LogP contribution in [0, 0.1) is 0 Å². The van der Waals surface area contributed by atoms with Crippen molar-refractivity contribution in [3.63, 3.8) is 0 Å². The zero-order valence-corrected chi connectivity index (χ0v) is 8.43. The zero-order valence-electron chi connectivity index (χ0n) is 8.43. The van der Waals surface area contributed by atoms with Crippen molar-refractivity contribution in [2.45, 2.75) is 33.5 Å². The largest absolute Gasteiger partial charge is 0.483 e. The molecule has 0 amide bonds. The molecular weight excluding hydrogens is 176 g/mol. The van der Waals surface area contributed by atoms with Gasteiger partial charge < -0.3 is 20.1 Å². The molecule has 0 aliphatic carbocycles. The van der Waals surface area contributed by atoms with Crippen LogP contribution in [0.5, 0.6) is 0 Å². The lowest BCUT2D eigenvalue weighted by atomic mass is 10.5. The molecule has 0 heterocycles. The van der Waals surface area contributed by atoms with Crippen LogP contribution >= 0.6 is 0 Å². The molecule has 0 fully saturated rings. The van der Waals surface area contributed by atoms with E-state index in [0.29, 0.717) is 6.42 Å². The molecule has 82 valence electrons. The molecule has 0 spiro atoms. The molecule has 0 saturated heterocycles. The lowest BCUT2D eigenvalue weighted by molar-refractivity contribution is -0.122. The Hall–Kier alpha value is -0.650. The number of aliphatic hydroxyl groups is 2. The quantitative estimate of drug-likeness (QED) is 0.450. The number of carbonyl (C=O) groups is 1. The molecule has 0 aromatic carbocycles. The summed E-state index contributed by atoms with van der Waals surface area (Å²) in [7, 11) is 0. The maximum atomic E-state index is 8.36. The fourth-order valence-electron chi connectivity index (χ4n) is 0.204. The first-order valence-electron chi connectivity index (χ1n) is 4.12. The van der Waals surface area contributed by atoms with Crippen LogP contribution in [0.15, 0.2) is 0 Å². The summed E-state index contributed by atoms with van der Waals surface area (Å²) in [5.74, 6) is 0. The highest BCUT2D eigenvalue weighted by molar-refractivity contribution is 5.32. The molecule has 0 aliphatic rings. The van der Waals surface area contributed by atoms with Crippen LogP contribution in [-0.4, -0.2) is 41.3 Å². The molecule has 0 unspecified atom stereocenters. The van der Waals surface area contributed by atoms with E-state index in [1.807, 2.05) is 13.8 Å². The summed E-state index contributed by atoms with van der Waals surface area (Å²) < 4.78 is 4.83. The van der Waals surface area contributed by atoms with Gasteiger partial charge in [-0.1, -0.05) is 6.92 Å². The molecular formula is C8H20O5. The molecule has 0 aliphatic heterocycles. The Kier molecular flexibility index (Phi) is 31.5. The SMILES string of the molecule is CCC(O)O.CCOCC.O=CO. The van der Waals surface area contributed by atoms with Crippen molar-refractivity contribution >= 4 is 6.47 Å². The monoisotopic (exact) mass is 196 g/mol. The van der Waals surface area contributed by atoms with E-state index >= 15 is 0 Å². The minimum atomic E-state index is -1.12. The predicted molar refractivity (Wildman–Crippen MR) is 49.4 cm³/mol. The maximum absolute atomic E-state index is 8.36. The highest BCUT2D eigenvalue weighted by Gasteiger charge is 1.83.